The number of carbonyl (C=O) groups is 1. The molecule has 1 amide bonds. The zero-order chi connectivity index (χ0) is 11.4. The fourth-order valence-corrected chi connectivity index (χ4v) is 1.66. The number of rotatable bonds is 3. The van der Waals surface area contributed by atoms with Crippen LogP contribution in [-0.4, -0.2) is 21.0 Å². The van der Waals surface area contributed by atoms with Crippen molar-refractivity contribution in [2.45, 2.75) is 6.61 Å². The highest BCUT2D eigenvalue weighted by Gasteiger charge is 2.09. The number of aliphatic hydroxyl groups excluding tert-OH is 1. The molecule has 0 aromatic carbocycles. The summed E-state index contributed by atoms with van der Waals surface area (Å²) in [6.07, 6.45) is 1.61. The van der Waals surface area contributed by atoms with Crippen molar-refractivity contribution in [3.05, 3.63) is 41.2 Å². The van der Waals surface area contributed by atoms with Gasteiger partial charge < -0.3 is 5.11 Å². The summed E-state index contributed by atoms with van der Waals surface area (Å²) in [6, 6.07) is 4.91. The number of hydrogen-bond acceptors (Lipinski definition) is 5. The van der Waals surface area contributed by atoms with E-state index < -0.39 is 0 Å². The van der Waals surface area contributed by atoms with Gasteiger partial charge in [0.25, 0.3) is 5.91 Å². The van der Waals surface area contributed by atoms with Crippen LogP contribution in [0.5, 0.6) is 0 Å². The van der Waals surface area contributed by atoms with Gasteiger partial charge in [0.05, 0.1) is 12.3 Å². The summed E-state index contributed by atoms with van der Waals surface area (Å²) in [5.74, 6) is -0.328. The third kappa shape index (κ3) is 2.41. The quantitative estimate of drug-likeness (QED) is 0.840. The molecule has 0 saturated carbocycles. The predicted octanol–water partition coefficient (Wildman–Crippen LogP) is 1.28. The van der Waals surface area contributed by atoms with Crippen LogP contribution in [-0.2, 0) is 6.61 Å². The maximum Gasteiger partial charge on any atom is 0.276 e. The maximum atomic E-state index is 11.7. The fraction of sp³-hybridized carbons (Fsp3) is 0.100. The van der Waals surface area contributed by atoms with E-state index in [4.69, 9.17) is 5.11 Å². The molecular formula is C10H9N3O2S. The van der Waals surface area contributed by atoms with Gasteiger partial charge in [-0.1, -0.05) is 6.07 Å². The Kier molecular flexibility index (Phi) is 3.23. The van der Waals surface area contributed by atoms with Gasteiger partial charge in [0.15, 0.2) is 5.13 Å². The molecule has 5 nitrogen and oxygen atoms in total. The monoisotopic (exact) mass is 235 g/mol. The van der Waals surface area contributed by atoms with Crippen molar-refractivity contribution in [3.8, 4) is 0 Å². The summed E-state index contributed by atoms with van der Waals surface area (Å²) in [4.78, 5) is 19.6. The lowest BCUT2D eigenvalue weighted by molar-refractivity contribution is 0.102. The molecule has 82 valence electrons. The highest BCUT2D eigenvalue weighted by molar-refractivity contribution is 7.13. The molecule has 0 unspecified atom stereocenters. The van der Waals surface area contributed by atoms with E-state index in [0.29, 0.717) is 10.8 Å². The van der Waals surface area contributed by atoms with Gasteiger partial charge in [-0.05, 0) is 12.1 Å². The smallest absolute Gasteiger partial charge is 0.276 e. The summed E-state index contributed by atoms with van der Waals surface area (Å²) in [6.45, 7) is -0.182. The zero-order valence-corrected chi connectivity index (χ0v) is 9.07. The Morgan fingerprint density at radius 2 is 2.38 bits per heavy atom. The van der Waals surface area contributed by atoms with Gasteiger partial charge in [0.2, 0.25) is 0 Å². The molecule has 2 aromatic heterocycles. The minimum absolute atomic E-state index is 0.182. The van der Waals surface area contributed by atoms with E-state index in [1.165, 1.54) is 11.3 Å². The van der Waals surface area contributed by atoms with E-state index in [1.54, 1.807) is 29.8 Å². The van der Waals surface area contributed by atoms with Crippen LogP contribution in [0.25, 0.3) is 0 Å². The van der Waals surface area contributed by atoms with Crippen molar-refractivity contribution >= 4 is 22.4 Å². The lowest BCUT2D eigenvalue weighted by atomic mass is 10.3. The second kappa shape index (κ2) is 4.82. The molecule has 0 atom stereocenters. The van der Waals surface area contributed by atoms with Crippen LogP contribution < -0.4 is 5.32 Å². The third-order valence-electron chi connectivity index (χ3n) is 1.85. The van der Waals surface area contributed by atoms with Gasteiger partial charge >= 0.3 is 0 Å². The summed E-state index contributed by atoms with van der Waals surface area (Å²) in [5, 5.41) is 13.8. The van der Waals surface area contributed by atoms with Crippen molar-refractivity contribution < 1.29 is 9.90 Å². The van der Waals surface area contributed by atoms with Gasteiger partial charge in [0, 0.05) is 11.6 Å². The van der Waals surface area contributed by atoms with E-state index in [2.05, 4.69) is 15.3 Å². The Labute approximate surface area is 95.8 Å². The fourth-order valence-electron chi connectivity index (χ4n) is 1.14. The molecule has 2 aromatic rings. The van der Waals surface area contributed by atoms with Gasteiger partial charge in [0.1, 0.15) is 5.69 Å². The first-order valence-electron chi connectivity index (χ1n) is 4.57. The van der Waals surface area contributed by atoms with Crippen molar-refractivity contribution in [2.75, 3.05) is 5.32 Å². The van der Waals surface area contributed by atoms with Crippen molar-refractivity contribution in [2.24, 2.45) is 0 Å². The molecule has 0 aliphatic rings. The second-order valence-electron chi connectivity index (χ2n) is 2.96. The Hall–Kier alpha value is -1.79. The van der Waals surface area contributed by atoms with Crippen LogP contribution in [0.1, 0.15) is 16.2 Å². The molecule has 6 heteroatoms. The van der Waals surface area contributed by atoms with E-state index in [-0.39, 0.29) is 18.2 Å². The topological polar surface area (TPSA) is 75.1 Å². The lowest BCUT2D eigenvalue weighted by Crippen LogP contribution is -2.14. The van der Waals surface area contributed by atoms with Crippen molar-refractivity contribution in [1.29, 1.82) is 0 Å². The van der Waals surface area contributed by atoms with Gasteiger partial charge in [-0.15, -0.1) is 11.3 Å². The minimum Gasteiger partial charge on any atom is -0.390 e. The average Bonchev–Trinajstić information content (AvgIpc) is 2.82. The summed E-state index contributed by atoms with van der Waals surface area (Å²) in [7, 11) is 0. The first kappa shape index (κ1) is 10.7. The number of nitrogens with zero attached hydrogens (tertiary/aromatic N) is 2. The predicted molar refractivity (Wildman–Crippen MR) is 60.2 cm³/mol. The molecule has 2 heterocycles. The van der Waals surface area contributed by atoms with Crippen molar-refractivity contribution in [1.82, 2.24) is 9.97 Å². The third-order valence-corrected chi connectivity index (χ3v) is 2.54. The standard InChI is InChI=1S/C10H9N3O2S/c14-6-7-2-1-3-8(12-7)9(15)13-10-11-4-5-16-10/h1-5,14H,6H2,(H,11,13,15). The lowest BCUT2D eigenvalue weighted by Gasteiger charge is -2.02. The van der Waals surface area contributed by atoms with Crippen LogP contribution >= 0.6 is 11.3 Å². The minimum atomic E-state index is -0.328. The largest absolute Gasteiger partial charge is 0.390 e. The molecule has 16 heavy (non-hydrogen) atoms. The number of nitrogens with one attached hydrogen (secondary N) is 1. The number of aliphatic hydroxyl groups is 1. The Balaban J connectivity index is 2.14. The molecule has 0 bridgehead atoms. The average molecular weight is 235 g/mol. The SMILES string of the molecule is O=C(Nc1nccs1)c1cccc(CO)n1. The van der Waals surface area contributed by atoms with E-state index in [9.17, 15) is 4.79 Å². The number of amides is 1. The van der Waals surface area contributed by atoms with Crippen LogP contribution in [0, 0.1) is 0 Å². The zero-order valence-electron chi connectivity index (χ0n) is 8.25. The highest BCUT2D eigenvalue weighted by Crippen LogP contribution is 2.11. The number of aromatic nitrogens is 2. The first-order valence-corrected chi connectivity index (χ1v) is 5.45. The maximum absolute atomic E-state index is 11.7. The summed E-state index contributed by atoms with van der Waals surface area (Å²) >= 11 is 1.34. The van der Waals surface area contributed by atoms with E-state index in [0.717, 1.165) is 0 Å². The Bertz CT molecular complexity index is 485. The summed E-state index contributed by atoms with van der Waals surface area (Å²) < 4.78 is 0. The van der Waals surface area contributed by atoms with Crippen LogP contribution in [0.4, 0.5) is 5.13 Å². The number of anilines is 1. The molecule has 2 rings (SSSR count). The molecule has 0 radical (unpaired) electrons. The number of thiazole rings is 1. The normalized spacial score (nSPS) is 10.1. The van der Waals surface area contributed by atoms with Crippen LogP contribution in [0.3, 0.4) is 0 Å². The molecule has 0 aliphatic heterocycles. The van der Waals surface area contributed by atoms with Gasteiger partial charge in [-0.2, -0.15) is 0 Å². The van der Waals surface area contributed by atoms with Gasteiger partial charge in [-0.25, -0.2) is 9.97 Å². The molecular weight excluding hydrogens is 226 g/mol. The Morgan fingerprint density at radius 1 is 1.50 bits per heavy atom. The van der Waals surface area contributed by atoms with Crippen LogP contribution in [0.2, 0.25) is 0 Å². The number of hydrogen-bond donors (Lipinski definition) is 2. The van der Waals surface area contributed by atoms with E-state index >= 15 is 0 Å². The van der Waals surface area contributed by atoms with E-state index in [1.807, 2.05) is 0 Å². The number of carbonyl (C=O) groups excluding carboxylic acids is 1. The molecule has 0 fully saturated rings. The second-order valence-corrected chi connectivity index (χ2v) is 3.86. The molecule has 0 spiro atoms. The van der Waals surface area contributed by atoms with Crippen molar-refractivity contribution in [3.63, 3.8) is 0 Å². The first-order chi connectivity index (χ1) is 7.79. The molecule has 2 N–H and O–H groups in total. The molecule has 0 aliphatic carbocycles. The Morgan fingerprint density at radius 3 is 3.06 bits per heavy atom. The number of pyridine rings is 1. The highest BCUT2D eigenvalue weighted by atomic mass is 32.1. The van der Waals surface area contributed by atoms with Gasteiger partial charge in [-0.3, -0.25) is 10.1 Å². The summed E-state index contributed by atoms with van der Waals surface area (Å²) in [5.41, 5.74) is 0.730. The molecule has 0 saturated heterocycles. The van der Waals surface area contributed by atoms with Crippen LogP contribution in [0.15, 0.2) is 29.8 Å².